The summed E-state index contributed by atoms with van der Waals surface area (Å²) in [7, 11) is 0. The average molecular weight is 427 g/mol. The molecule has 11 nitrogen and oxygen atoms in total. The third-order valence-corrected chi connectivity index (χ3v) is 4.03. The van der Waals surface area contributed by atoms with E-state index in [1.54, 1.807) is 20.8 Å². The van der Waals surface area contributed by atoms with Gasteiger partial charge in [-0.2, -0.15) is 0 Å². The normalized spacial score (nSPS) is 12.7. The number of nitrogens with zero attached hydrogens (tertiary/aromatic N) is 4. The maximum absolute atomic E-state index is 13.0. The van der Waals surface area contributed by atoms with Gasteiger partial charge in [0.1, 0.15) is 11.6 Å². The summed E-state index contributed by atoms with van der Waals surface area (Å²) in [6, 6.07) is 6.91. The minimum absolute atomic E-state index is 0.0358. The molecular weight excluding hydrogens is 402 g/mol. The van der Waals surface area contributed by atoms with E-state index < -0.39 is 35.6 Å². The number of H-pyrrole nitrogens is 1. The largest absolute Gasteiger partial charge is 0.444 e. The Morgan fingerprint density at radius 1 is 1.16 bits per heavy atom. The first-order valence-electron chi connectivity index (χ1n) is 9.58. The minimum atomic E-state index is -1.14. The van der Waals surface area contributed by atoms with Gasteiger partial charge in [-0.25, -0.2) is 9.78 Å². The molecule has 1 aromatic heterocycles. The zero-order valence-corrected chi connectivity index (χ0v) is 17.5. The van der Waals surface area contributed by atoms with Crippen molar-refractivity contribution in [2.24, 2.45) is 5.11 Å². The number of benzene rings is 1. The van der Waals surface area contributed by atoms with Crippen molar-refractivity contribution < 1.29 is 19.1 Å². The van der Waals surface area contributed by atoms with Crippen LogP contribution in [0.25, 0.3) is 10.4 Å². The standard InChI is InChI=1S/C20H25N7O4/c1-20(2,3)31-19(30)25-15(9-13-7-5-4-6-8-13)17(28)24-16(18(29)26-27-21)10-14-11-22-12-23-14/h4-8,11-12,15-16H,9-10H2,1-3H3,(H,22,23)(H,24,28)(H,25,30). The van der Waals surface area contributed by atoms with Crippen molar-refractivity contribution in [2.45, 2.75) is 51.3 Å². The lowest BCUT2D eigenvalue weighted by Crippen LogP contribution is -2.53. The summed E-state index contributed by atoms with van der Waals surface area (Å²) < 4.78 is 5.26. The number of aromatic amines is 1. The van der Waals surface area contributed by atoms with E-state index in [4.69, 9.17) is 10.3 Å². The van der Waals surface area contributed by atoms with Gasteiger partial charge in [-0.05, 0) is 37.0 Å². The second-order valence-corrected chi connectivity index (χ2v) is 7.76. The van der Waals surface area contributed by atoms with Crippen LogP contribution >= 0.6 is 0 Å². The van der Waals surface area contributed by atoms with Gasteiger partial charge in [0.15, 0.2) is 0 Å². The topological polar surface area (TPSA) is 162 Å². The van der Waals surface area contributed by atoms with Crippen LogP contribution in [-0.2, 0) is 27.2 Å². The summed E-state index contributed by atoms with van der Waals surface area (Å²) in [5.41, 5.74) is 9.21. The van der Waals surface area contributed by atoms with Gasteiger partial charge in [-0.1, -0.05) is 30.3 Å². The smallest absolute Gasteiger partial charge is 0.408 e. The van der Waals surface area contributed by atoms with Crippen molar-refractivity contribution >= 4 is 17.9 Å². The number of ether oxygens (including phenoxy) is 1. The lowest BCUT2D eigenvalue weighted by Gasteiger charge is -2.24. The molecule has 0 saturated heterocycles. The van der Waals surface area contributed by atoms with E-state index >= 15 is 0 Å². The van der Waals surface area contributed by atoms with Gasteiger partial charge in [-0.3, -0.25) is 9.59 Å². The van der Waals surface area contributed by atoms with Crippen LogP contribution in [0.4, 0.5) is 4.79 Å². The molecule has 0 radical (unpaired) electrons. The second kappa shape index (κ2) is 10.8. The highest BCUT2D eigenvalue weighted by molar-refractivity contribution is 5.91. The monoisotopic (exact) mass is 427 g/mol. The Bertz CT molecular complexity index is 932. The molecule has 0 fully saturated rings. The van der Waals surface area contributed by atoms with Gasteiger partial charge >= 0.3 is 6.09 Å². The fourth-order valence-electron chi connectivity index (χ4n) is 2.71. The molecule has 31 heavy (non-hydrogen) atoms. The fourth-order valence-corrected chi connectivity index (χ4v) is 2.71. The molecule has 2 atom stereocenters. The number of hydrogen-bond donors (Lipinski definition) is 3. The van der Waals surface area contributed by atoms with Crippen molar-refractivity contribution in [1.29, 1.82) is 0 Å². The molecule has 0 aliphatic rings. The number of carbonyl (C=O) groups is 3. The quantitative estimate of drug-likeness (QED) is 0.334. The number of nitrogens with one attached hydrogen (secondary N) is 3. The summed E-state index contributed by atoms with van der Waals surface area (Å²) in [5, 5.41) is 8.20. The van der Waals surface area contributed by atoms with Crippen molar-refractivity contribution in [1.82, 2.24) is 20.6 Å². The Hall–Kier alpha value is -3.85. The van der Waals surface area contributed by atoms with Crippen molar-refractivity contribution in [3.63, 3.8) is 0 Å². The molecule has 3 N–H and O–H groups in total. The zero-order chi connectivity index (χ0) is 22.9. The van der Waals surface area contributed by atoms with E-state index in [-0.39, 0.29) is 12.8 Å². The molecular formula is C20H25N7O4. The maximum Gasteiger partial charge on any atom is 0.408 e. The summed E-state index contributed by atoms with van der Waals surface area (Å²) >= 11 is 0. The van der Waals surface area contributed by atoms with Crippen molar-refractivity contribution in [3.05, 3.63) is 64.6 Å². The summed E-state index contributed by atoms with van der Waals surface area (Å²) in [5.74, 6) is -1.48. The van der Waals surface area contributed by atoms with Gasteiger partial charge in [0.2, 0.25) is 11.8 Å². The number of amides is 3. The fraction of sp³-hybridized carbons (Fsp3) is 0.400. The zero-order valence-electron chi connectivity index (χ0n) is 17.5. The first-order valence-corrected chi connectivity index (χ1v) is 9.58. The number of alkyl carbamates (subject to hydrolysis) is 1. The van der Waals surface area contributed by atoms with Gasteiger partial charge in [0.05, 0.1) is 12.4 Å². The minimum Gasteiger partial charge on any atom is -0.444 e. The molecule has 2 rings (SSSR count). The average Bonchev–Trinajstić information content (AvgIpc) is 3.19. The number of azide groups is 1. The number of imidazole rings is 1. The van der Waals surface area contributed by atoms with Crippen molar-refractivity contribution in [2.75, 3.05) is 0 Å². The molecule has 0 aliphatic carbocycles. The first kappa shape index (κ1) is 23.4. The van der Waals surface area contributed by atoms with Crippen molar-refractivity contribution in [3.8, 4) is 0 Å². The van der Waals surface area contributed by atoms with Crippen LogP contribution in [0.2, 0.25) is 0 Å². The molecule has 0 saturated carbocycles. The van der Waals surface area contributed by atoms with Crippen LogP contribution in [0.1, 0.15) is 32.0 Å². The molecule has 3 amide bonds. The molecule has 0 bridgehead atoms. The van der Waals surface area contributed by atoms with Gasteiger partial charge in [-0.15, -0.1) is 0 Å². The molecule has 0 spiro atoms. The van der Waals surface area contributed by atoms with E-state index in [2.05, 4.69) is 30.6 Å². The third-order valence-electron chi connectivity index (χ3n) is 4.03. The van der Waals surface area contributed by atoms with Gasteiger partial charge in [0.25, 0.3) is 0 Å². The third kappa shape index (κ3) is 8.19. The van der Waals surface area contributed by atoms with E-state index in [9.17, 15) is 14.4 Å². The molecule has 11 heteroatoms. The van der Waals surface area contributed by atoms with E-state index in [1.165, 1.54) is 12.5 Å². The summed E-state index contributed by atoms with van der Waals surface area (Å²) in [6.45, 7) is 5.12. The molecule has 1 aromatic carbocycles. The lowest BCUT2D eigenvalue weighted by molar-refractivity contribution is -0.128. The number of aromatic nitrogens is 2. The lowest BCUT2D eigenvalue weighted by atomic mass is 10.0. The maximum atomic E-state index is 13.0. The van der Waals surface area contributed by atoms with Gasteiger partial charge in [0, 0.05) is 29.6 Å². The highest BCUT2D eigenvalue weighted by Crippen LogP contribution is 2.10. The van der Waals surface area contributed by atoms with Crippen LogP contribution in [0.3, 0.4) is 0 Å². The van der Waals surface area contributed by atoms with E-state index in [0.29, 0.717) is 5.69 Å². The van der Waals surface area contributed by atoms with Crippen LogP contribution < -0.4 is 10.6 Å². The van der Waals surface area contributed by atoms with Crippen LogP contribution in [0.15, 0.2) is 48.0 Å². The Labute approximate surface area is 179 Å². The first-order chi connectivity index (χ1) is 14.7. The number of hydrogen-bond acceptors (Lipinski definition) is 5. The highest BCUT2D eigenvalue weighted by atomic mass is 16.6. The Morgan fingerprint density at radius 2 is 1.87 bits per heavy atom. The van der Waals surface area contributed by atoms with E-state index in [0.717, 1.165) is 5.56 Å². The van der Waals surface area contributed by atoms with E-state index in [1.807, 2.05) is 30.3 Å². The molecule has 0 aliphatic heterocycles. The molecule has 2 aromatic rings. The molecule has 1 heterocycles. The predicted molar refractivity (Wildman–Crippen MR) is 112 cm³/mol. The highest BCUT2D eigenvalue weighted by Gasteiger charge is 2.28. The SMILES string of the molecule is CC(C)(C)OC(=O)NC(Cc1ccccc1)C(=O)NC(Cc1cnc[nH]1)C(=O)N=[N+]=[N-]. The summed E-state index contributed by atoms with van der Waals surface area (Å²) in [4.78, 5) is 46.7. The Morgan fingerprint density at radius 3 is 2.45 bits per heavy atom. The number of carbonyl (C=O) groups excluding carboxylic acids is 3. The second-order valence-electron chi connectivity index (χ2n) is 7.76. The predicted octanol–water partition coefficient (Wildman–Crippen LogP) is 2.41. The van der Waals surface area contributed by atoms with Gasteiger partial charge < -0.3 is 20.4 Å². The molecule has 164 valence electrons. The summed E-state index contributed by atoms with van der Waals surface area (Å²) in [6.07, 6.45) is 2.35. The van der Waals surface area contributed by atoms with Crippen LogP contribution in [-0.4, -0.2) is 45.6 Å². The Kier molecular flexibility index (Phi) is 8.16. The number of rotatable bonds is 8. The Balaban J connectivity index is 2.20. The molecule has 2 unspecified atom stereocenters. The van der Waals surface area contributed by atoms with Crippen LogP contribution in [0, 0.1) is 0 Å². The van der Waals surface area contributed by atoms with Crippen LogP contribution in [0.5, 0.6) is 0 Å².